The van der Waals surface area contributed by atoms with Crippen molar-refractivity contribution < 1.29 is 0 Å². The summed E-state index contributed by atoms with van der Waals surface area (Å²) in [6.45, 7) is 5.72. The molecule has 0 aromatic heterocycles. The van der Waals surface area contributed by atoms with Crippen LogP contribution in [-0.2, 0) is 0 Å². The van der Waals surface area contributed by atoms with E-state index in [1.807, 2.05) is 54.4 Å². The molecule has 0 N–H and O–H groups in total. The molecule has 0 fully saturated rings. The zero-order valence-corrected chi connectivity index (χ0v) is 7.27. The Balaban J connectivity index is 2.87. The maximum Gasteiger partial charge on any atom is 0.0448 e. The summed E-state index contributed by atoms with van der Waals surface area (Å²) in [5.74, 6) is 0. The quantitative estimate of drug-likeness (QED) is 0.654. The number of hydrogen-bond donors (Lipinski definition) is 0. The SMILES string of the molecule is C=CN(C=CC)c1ccccc1. The maximum absolute atomic E-state index is 3.73. The van der Waals surface area contributed by atoms with E-state index in [1.54, 1.807) is 6.20 Å². The minimum atomic E-state index is 1.13. The molecular weight excluding hydrogens is 146 g/mol. The molecule has 0 aliphatic rings. The Morgan fingerprint density at radius 3 is 2.42 bits per heavy atom. The van der Waals surface area contributed by atoms with Gasteiger partial charge in [0.2, 0.25) is 0 Å². The molecule has 0 saturated carbocycles. The largest absolute Gasteiger partial charge is 0.325 e. The van der Waals surface area contributed by atoms with Crippen LogP contribution in [0.3, 0.4) is 0 Å². The van der Waals surface area contributed by atoms with Crippen molar-refractivity contribution in [1.29, 1.82) is 0 Å². The molecule has 0 bridgehead atoms. The van der Waals surface area contributed by atoms with E-state index in [0.717, 1.165) is 5.69 Å². The summed E-state index contributed by atoms with van der Waals surface area (Å²) in [5.41, 5.74) is 1.13. The van der Waals surface area contributed by atoms with Crippen molar-refractivity contribution >= 4 is 5.69 Å². The van der Waals surface area contributed by atoms with E-state index < -0.39 is 0 Å². The van der Waals surface area contributed by atoms with Crippen molar-refractivity contribution in [2.75, 3.05) is 4.90 Å². The number of nitrogens with zero attached hydrogens (tertiary/aromatic N) is 1. The molecule has 0 saturated heterocycles. The summed E-state index contributed by atoms with van der Waals surface area (Å²) in [5, 5.41) is 0. The van der Waals surface area contributed by atoms with Crippen LogP contribution in [0.2, 0.25) is 0 Å². The summed E-state index contributed by atoms with van der Waals surface area (Å²) in [6, 6.07) is 10.1. The number of rotatable bonds is 3. The summed E-state index contributed by atoms with van der Waals surface area (Å²) in [6.07, 6.45) is 5.74. The van der Waals surface area contributed by atoms with E-state index in [0.29, 0.717) is 0 Å². The monoisotopic (exact) mass is 159 g/mol. The molecule has 1 nitrogen and oxygen atoms in total. The molecule has 0 amide bonds. The van der Waals surface area contributed by atoms with Crippen molar-refractivity contribution in [2.24, 2.45) is 0 Å². The van der Waals surface area contributed by atoms with E-state index >= 15 is 0 Å². The van der Waals surface area contributed by atoms with Crippen molar-refractivity contribution in [2.45, 2.75) is 6.92 Å². The number of hydrogen-bond acceptors (Lipinski definition) is 1. The minimum absolute atomic E-state index is 1.13. The van der Waals surface area contributed by atoms with Gasteiger partial charge >= 0.3 is 0 Å². The lowest BCUT2D eigenvalue weighted by molar-refractivity contribution is 1.28. The highest BCUT2D eigenvalue weighted by Gasteiger charge is 1.93. The van der Waals surface area contributed by atoms with Crippen LogP contribution in [0.1, 0.15) is 6.92 Å². The van der Waals surface area contributed by atoms with Gasteiger partial charge in [-0.3, -0.25) is 0 Å². The highest BCUT2D eigenvalue weighted by atomic mass is 15.1. The van der Waals surface area contributed by atoms with Crippen LogP contribution >= 0.6 is 0 Å². The van der Waals surface area contributed by atoms with Crippen molar-refractivity contribution in [3.63, 3.8) is 0 Å². The number of anilines is 1. The fourth-order valence-electron chi connectivity index (χ4n) is 1.01. The molecule has 1 aromatic carbocycles. The average Bonchev–Trinajstić information content (AvgIpc) is 2.15. The first-order valence-corrected chi connectivity index (χ1v) is 3.97. The molecular formula is C11H13N. The number of benzene rings is 1. The van der Waals surface area contributed by atoms with Gasteiger partial charge in [0.1, 0.15) is 0 Å². The molecule has 0 atom stereocenters. The molecule has 0 aliphatic heterocycles. The van der Waals surface area contributed by atoms with E-state index in [4.69, 9.17) is 0 Å². The molecule has 0 spiro atoms. The van der Waals surface area contributed by atoms with Gasteiger partial charge in [0.25, 0.3) is 0 Å². The molecule has 1 aromatic rings. The predicted molar refractivity (Wildman–Crippen MR) is 53.9 cm³/mol. The summed E-state index contributed by atoms with van der Waals surface area (Å²) < 4.78 is 0. The van der Waals surface area contributed by atoms with Gasteiger partial charge < -0.3 is 4.90 Å². The highest BCUT2D eigenvalue weighted by molar-refractivity contribution is 5.51. The Morgan fingerprint density at radius 2 is 1.92 bits per heavy atom. The second-order valence-electron chi connectivity index (χ2n) is 2.41. The van der Waals surface area contributed by atoms with Crippen molar-refractivity contribution in [3.05, 3.63) is 55.4 Å². The smallest absolute Gasteiger partial charge is 0.0448 e. The molecule has 1 heteroatoms. The fourth-order valence-corrected chi connectivity index (χ4v) is 1.01. The van der Waals surface area contributed by atoms with Gasteiger partial charge in [-0.25, -0.2) is 0 Å². The van der Waals surface area contributed by atoms with Crippen LogP contribution in [0.15, 0.2) is 55.4 Å². The second-order valence-corrected chi connectivity index (χ2v) is 2.41. The Hall–Kier alpha value is -1.50. The molecule has 12 heavy (non-hydrogen) atoms. The number of allylic oxidation sites excluding steroid dienone is 1. The topological polar surface area (TPSA) is 3.24 Å². The van der Waals surface area contributed by atoms with E-state index in [-0.39, 0.29) is 0 Å². The van der Waals surface area contributed by atoms with E-state index in [1.165, 1.54) is 0 Å². The number of para-hydroxylation sites is 1. The Kier molecular flexibility index (Phi) is 3.15. The fraction of sp³-hybridized carbons (Fsp3) is 0.0909. The molecule has 0 unspecified atom stereocenters. The summed E-state index contributed by atoms with van der Waals surface area (Å²) in [7, 11) is 0. The van der Waals surface area contributed by atoms with Crippen LogP contribution in [-0.4, -0.2) is 0 Å². The third kappa shape index (κ3) is 1.99. The van der Waals surface area contributed by atoms with Gasteiger partial charge in [0.05, 0.1) is 0 Å². The standard InChI is InChI=1S/C11H13N/c1-3-10-12(4-2)11-8-6-5-7-9-11/h3-10H,2H2,1H3. The normalized spacial score (nSPS) is 10.1. The summed E-state index contributed by atoms with van der Waals surface area (Å²) in [4.78, 5) is 1.97. The first-order chi connectivity index (χ1) is 5.88. The van der Waals surface area contributed by atoms with Crippen molar-refractivity contribution in [1.82, 2.24) is 0 Å². The zero-order valence-electron chi connectivity index (χ0n) is 7.27. The van der Waals surface area contributed by atoms with Crippen LogP contribution in [0.5, 0.6) is 0 Å². The zero-order chi connectivity index (χ0) is 8.81. The van der Waals surface area contributed by atoms with Crippen LogP contribution in [0.25, 0.3) is 0 Å². The third-order valence-corrected chi connectivity index (χ3v) is 1.56. The summed E-state index contributed by atoms with van der Waals surface area (Å²) >= 11 is 0. The van der Waals surface area contributed by atoms with Gasteiger partial charge in [0, 0.05) is 18.1 Å². The highest BCUT2D eigenvalue weighted by Crippen LogP contribution is 2.13. The molecule has 0 radical (unpaired) electrons. The van der Waals surface area contributed by atoms with Gasteiger partial charge in [-0.1, -0.05) is 30.9 Å². The molecule has 0 aliphatic carbocycles. The lowest BCUT2D eigenvalue weighted by Gasteiger charge is -2.13. The molecule has 0 heterocycles. The first kappa shape index (κ1) is 8.60. The second kappa shape index (κ2) is 4.39. The van der Waals surface area contributed by atoms with Gasteiger partial charge in [-0.15, -0.1) is 0 Å². The average molecular weight is 159 g/mol. The Labute approximate surface area is 73.6 Å². The van der Waals surface area contributed by atoms with Gasteiger partial charge in [0.15, 0.2) is 0 Å². The Bertz CT molecular complexity index is 262. The van der Waals surface area contributed by atoms with Crippen LogP contribution in [0, 0.1) is 0 Å². The molecule has 1 rings (SSSR count). The lowest BCUT2D eigenvalue weighted by Crippen LogP contribution is -2.04. The lowest BCUT2D eigenvalue weighted by atomic mass is 10.3. The van der Waals surface area contributed by atoms with Gasteiger partial charge in [-0.2, -0.15) is 0 Å². The van der Waals surface area contributed by atoms with E-state index in [2.05, 4.69) is 6.58 Å². The van der Waals surface area contributed by atoms with Crippen LogP contribution in [0.4, 0.5) is 5.69 Å². The Morgan fingerprint density at radius 1 is 1.25 bits per heavy atom. The molecule has 62 valence electrons. The van der Waals surface area contributed by atoms with E-state index in [9.17, 15) is 0 Å². The van der Waals surface area contributed by atoms with Gasteiger partial charge in [-0.05, 0) is 19.1 Å². The predicted octanol–water partition coefficient (Wildman–Crippen LogP) is 3.17. The maximum atomic E-state index is 3.73. The van der Waals surface area contributed by atoms with Crippen molar-refractivity contribution in [3.8, 4) is 0 Å². The third-order valence-electron chi connectivity index (χ3n) is 1.56. The minimum Gasteiger partial charge on any atom is -0.325 e. The first-order valence-electron chi connectivity index (χ1n) is 3.97. The van der Waals surface area contributed by atoms with Crippen LogP contribution < -0.4 is 4.90 Å².